The van der Waals surface area contributed by atoms with Crippen LogP contribution in [0, 0.1) is 0 Å². The number of carbonyl (C=O) groups is 2. The minimum absolute atomic E-state index is 0.0900. The summed E-state index contributed by atoms with van der Waals surface area (Å²) in [5, 5.41) is 0. The highest BCUT2D eigenvalue weighted by atomic mass is 16.5. The maximum absolute atomic E-state index is 13.0. The number of carbonyl (C=O) groups excluding carboxylic acids is 2. The zero-order valence-electron chi connectivity index (χ0n) is 19.7. The number of ether oxygens (including phenoxy) is 1. The van der Waals surface area contributed by atoms with E-state index in [9.17, 15) is 9.59 Å². The molecule has 2 unspecified atom stereocenters. The van der Waals surface area contributed by atoms with E-state index in [0.29, 0.717) is 19.6 Å². The van der Waals surface area contributed by atoms with Crippen molar-refractivity contribution < 1.29 is 14.3 Å². The molecule has 3 saturated heterocycles. The Bertz CT molecular complexity index is 760. The molecule has 7 heteroatoms. The Morgan fingerprint density at radius 1 is 0.812 bits per heavy atom. The number of hydrogen-bond donors (Lipinski definition) is 0. The molecule has 3 heterocycles. The molecular formula is C25H38N4O3. The first kappa shape index (κ1) is 23.2. The van der Waals surface area contributed by atoms with Crippen LogP contribution < -0.4 is 0 Å². The van der Waals surface area contributed by atoms with Crippen molar-refractivity contribution >= 4 is 11.8 Å². The number of nitrogens with zero attached hydrogens (tertiary/aromatic N) is 4. The summed E-state index contributed by atoms with van der Waals surface area (Å²) in [6, 6.07) is 8.06. The van der Waals surface area contributed by atoms with Gasteiger partial charge in [0, 0.05) is 64.5 Å². The van der Waals surface area contributed by atoms with Gasteiger partial charge in [0.1, 0.15) is 0 Å². The van der Waals surface area contributed by atoms with E-state index in [0.717, 1.165) is 64.2 Å². The van der Waals surface area contributed by atoms with Crippen LogP contribution >= 0.6 is 0 Å². The first-order chi connectivity index (χ1) is 15.5. The quantitative estimate of drug-likeness (QED) is 0.699. The molecule has 0 bridgehead atoms. The Balaban J connectivity index is 1.23. The van der Waals surface area contributed by atoms with E-state index in [1.165, 1.54) is 12.0 Å². The summed E-state index contributed by atoms with van der Waals surface area (Å²) in [6.45, 7) is 12.2. The van der Waals surface area contributed by atoms with Crippen molar-refractivity contribution in [1.29, 1.82) is 0 Å². The molecular weight excluding hydrogens is 404 g/mol. The van der Waals surface area contributed by atoms with E-state index in [2.05, 4.69) is 35.8 Å². The van der Waals surface area contributed by atoms with Crippen LogP contribution in [0.1, 0.15) is 49.0 Å². The fourth-order valence-electron chi connectivity index (χ4n) is 5.15. The van der Waals surface area contributed by atoms with Gasteiger partial charge in [-0.15, -0.1) is 0 Å². The average Bonchev–Trinajstić information content (AvgIpc) is 2.79. The van der Waals surface area contributed by atoms with Gasteiger partial charge in [0.2, 0.25) is 5.91 Å². The van der Waals surface area contributed by atoms with Crippen molar-refractivity contribution in [3.8, 4) is 0 Å². The number of likely N-dealkylation sites (tertiary alicyclic amines) is 1. The van der Waals surface area contributed by atoms with Crippen LogP contribution in [0.4, 0.5) is 0 Å². The maximum atomic E-state index is 13.0. The average molecular weight is 443 g/mol. The van der Waals surface area contributed by atoms with E-state index in [1.54, 1.807) is 0 Å². The Labute approximate surface area is 192 Å². The number of piperidine rings is 1. The smallest absolute Gasteiger partial charge is 0.253 e. The van der Waals surface area contributed by atoms with Crippen molar-refractivity contribution in [2.24, 2.45) is 0 Å². The summed E-state index contributed by atoms with van der Waals surface area (Å²) in [4.78, 5) is 34.0. The van der Waals surface area contributed by atoms with Crippen molar-refractivity contribution in [3.05, 3.63) is 35.4 Å². The van der Waals surface area contributed by atoms with Gasteiger partial charge in [-0.1, -0.05) is 12.1 Å². The van der Waals surface area contributed by atoms with Crippen LogP contribution in [0.5, 0.6) is 0 Å². The first-order valence-electron chi connectivity index (χ1n) is 12.2. The molecule has 0 saturated carbocycles. The van der Waals surface area contributed by atoms with Crippen molar-refractivity contribution in [2.75, 3.05) is 58.9 Å². The van der Waals surface area contributed by atoms with Crippen LogP contribution in [0.3, 0.4) is 0 Å². The van der Waals surface area contributed by atoms with Gasteiger partial charge in [0.25, 0.3) is 5.91 Å². The summed E-state index contributed by atoms with van der Waals surface area (Å²) < 4.78 is 5.81. The maximum Gasteiger partial charge on any atom is 0.253 e. The first-order valence-corrected chi connectivity index (χ1v) is 12.2. The lowest BCUT2D eigenvalue weighted by molar-refractivity contribution is -0.133. The third kappa shape index (κ3) is 6.09. The Morgan fingerprint density at radius 2 is 1.44 bits per heavy atom. The molecule has 4 rings (SSSR count). The highest BCUT2D eigenvalue weighted by Crippen LogP contribution is 2.16. The van der Waals surface area contributed by atoms with Gasteiger partial charge < -0.3 is 14.5 Å². The van der Waals surface area contributed by atoms with Gasteiger partial charge in [0.15, 0.2) is 0 Å². The van der Waals surface area contributed by atoms with Crippen LogP contribution in [0.15, 0.2) is 24.3 Å². The Kier molecular flexibility index (Phi) is 7.81. The molecule has 7 nitrogen and oxygen atoms in total. The number of benzene rings is 1. The summed E-state index contributed by atoms with van der Waals surface area (Å²) in [7, 11) is 0. The summed E-state index contributed by atoms with van der Waals surface area (Å²) in [6.07, 6.45) is 3.99. The lowest BCUT2D eigenvalue weighted by atomic mass is 10.1. The largest absolute Gasteiger partial charge is 0.373 e. The lowest BCUT2D eigenvalue weighted by Crippen LogP contribution is -2.52. The molecule has 1 aromatic carbocycles. The highest BCUT2D eigenvalue weighted by Gasteiger charge is 2.26. The van der Waals surface area contributed by atoms with Crippen LogP contribution in [-0.4, -0.2) is 103 Å². The molecule has 176 valence electrons. The molecule has 0 spiro atoms. The minimum Gasteiger partial charge on any atom is -0.373 e. The third-order valence-corrected chi connectivity index (χ3v) is 6.83. The van der Waals surface area contributed by atoms with E-state index < -0.39 is 0 Å². The summed E-state index contributed by atoms with van der Waals surface area (Å²) >= 11 is 0. The second-order valence-electron chi connectivity index (χ2n) is 9.66. The van der Waals surface area contributed by atoms with Gasteiger partial charge in [0.05, 0.1) is 18.8 Å². The fraction of sp³-hybridized carbons (Fsp3) is 0.680. The summed E-state index contributed by atoms with van der Waals surface area (Å²) in [5.74, 6) is 0.330. The normalized spacial score (nSPS) is 25.7. The standard InChI is InChI=1S/C25H38N4O3/c1-20-16-27(17-21(2)32-20)18-22-6-8-23(9-7-22)25(31)29-14-12-26(13-15-29)19-24(30)28-10-4-3-5-11-28/h6-9,20-21H,3-5,10-19H2,1-2H3. The number of piperazine rings is 1. The van der Waals surface area contributed by atoms with Gasteiger partial charge >= 0.3 is 0 Å². The highest BCUT2D eigenvalue weighted by molar-refractivity contribution is 5.94. The number of morpholine rings is 1. The minimum atomic E-state index is 0.0900. The monoisotopic (exact) mass is 442 g/mol. The van der Waals surface area contributed by atoms with Crippen LogP contribution in [0.2, 0.25) is 0 Å². The molecule has 32 heavy (non-hydrogen) atoms. The van der Waals surface area contributed by atoms with Crippen LogP contribution in [0.25, 0.3) is 0 Å². The molecule has 2 amide bonds. The van der Waals surface area contributed by atoms with E-state index >= 15 is 0 Å². The van der Waals surface area contributed by atoms with Gasteiger partial charge in [-0.05, 0) is 50.8 Å². The molecule has 0 aromatic heterocycles. The van der Waals surface area contributed by atoms with Crippen molar-refractivity contribution in [2.45, 2.75) is 51.9 Å². The predicted molar refractivity (Wildman–Crippen MR) is 125 cm³/mol. The number of rotatable bonds is 5. The Morgan fingerprint density at radius 3 is 2.06 bits per heavy atom. The van der Waals surface area contributed by atoms with Gasteiger partial charge in [-0.25, -0.2) is 0 Å². The van der Waals surface area contributed by atoms with Gasteiger partial charge in [-0.2, -0.15) is 0 Å². The van der Waals surface area contributed by atoms with E-state index in [4.69, 9.17) is 4.74 Å². The molecule has 0 aliphatic carbocycles. The SMILES string of the molecule is CC1CN(Cc2ccc(C(=O)N3CCN(CC(=O)N4CCCCC4)CC3)cc2)CC(C)O1. The predicted octanol–water partition coefficient (Wildman–Crippen LogP) is 2.07. The second kappa shape index (κ2) is 10.8. The Hall–Kier alpha value is -1.96. The van der Waals surface area contributed by atoms with Crippen LogP contribution in [-0.2, 0) is 16.1 Å². The molecule has 3 aliphatic rings. The van der Waals surface area contributed by atoms with Crippen molar-refractivity contribution in [3.63, 3.8) is 0 Å². The molecule has 0 N–H and O–H groups in total. The summed E-state index contributed by atoms with van der Waals surface area (Å²) in [5.41, 5.74) is 1.97. The zero-order chi connectivity index (χ0) is 22.5. The zero-order valence-corrected chi connectivity index (χ0v) is 19.7. The number of hydrogen-bond acceptors (Lipinski definition) is 5. The molecule has 0 radical (unpaired) electrons. The molecule has 1 aromatic rings. The molecule has 3 aliphatic heterocycles. The lowest BCUT2D eigenvalue weighted by Gasteiger charge is -2.36. The van der Waals surface area contributed by atoms with E-state index in [1.807, 2.05) is 21.9 Å². The molecule has 2 atom stereocenters. The number of amides is 2. The topological polar surface area (TPSA) is 56.3 Å². The van der Waals surface area contributed by atoms with E-state index in [-0.39, 0.29) is 24.0 Å². The second-order valence-corrected chi connectivity index (χ2v) is 9.66. The van der Waals surface area contributed by atoms with Gasteiger partial charge in [-0.3, -0.25) is 19.4 Å². The fourth-order valence-corrected chi connectivity index (χ4v) is 5.15. The van der Waals surface area contributed by atoms with Crippen molar-refractivity contribution in [1.82, 2.24) is 19.6 Å². The molecule has 3 fully saturated rings. The third-order valence-electron chi connectivity index (χ3n) is 6.83.